The van der Waals surface area contributed by atoms with Crippen LogP contribution in [0.2, 0.25) is 5.15 Å². The van der Waals surface area contributed by atoms with Crippen LogP contribution >= 0.6 is 11.6 Å². The molecule has 0 bridgehead atoms. The molecule has 0 fully saturated rings. The molecular formula is C10H8ClN3O2. The van der Waals surface area contributed by atoms with E-state index in [0.29, 0.717) is 11.4 Å². The lowest BCUT2D eigenvalue weighted by atomic mass is 10.2. The highest BCUT2D eigenvalue weighted by Gasteiger charge is 2.09. The van der Waals surface area contributed by atoms with Crippen molar-refractivity contribution in [2.75, 3.05) is 0 Å². The number of aromatic amines is 1. The van der Waals surface area contributed by atoms with E-state index in [2.05, 4.69) is 15.0 Å². The van der Waals surface area contributed by atoms with E-state index in [9.17, 15) is 4.79 Å². The minimum absolute atomic E-state index is 0.174. The molecule has 5 nitrogen and oxygen atoms in total. The number of carbonyl (C=O) groups is 1. The Bertz CT molecular complexity index is 511. The van der Waals surface area contributed by atoms with Gasteiger partial charge in [0.1, 0.15) is 5.15 Å². The van der Waals surface area contributed by atoms with Gasteiger partial charge in [-0.25, -0.2) is 9.97 Å². The molecular weight excluding hydrogens is 230 g/mol. The van der Waals surface area contributed by atoms with Gasteiger partial charge in [0.2, 0.25) is 0 Å². The first kappa shape index (κ1) is 10.6. The summed E-state index contributed by atoms with van der Waals surface area (Å²) < 4.78 is 0. The van der Waals surface area contributed by atoms with E-state index in [0.717, 1.165) is 5.56 Å². The zero-order chi connectivity index (χ0) is 11.5. The average molecular weight is 238 g/mol. The fraction of sp³-hybridized carbons (Fsp3) is 0.100. The first-order valence-corrected chi connectivity index (χ1v) is 4.91. The third-order valence-electron chi connectivity index (χ3n) is 2.01. The van der Waals surface area contributed by atoms with E-state index in [1.807, 2.05) is 6.07 Å². The van der Waals surface area contributed by atoms with Crippen molar-refractivity contribution in [2.45, 2.75) is 6.42 Å². The van der Waals surface area contributed by atoms with Crippen LogP contribution in [-0.4, -0.2) is 26.0 Å². The van der Waals surface area contributed by atoms with Crippen LogP contribution in [0.15, 0.2) is 24.7 Å². The quantitative estimate of drug-likeness (QED) is 0.798. The number of halogens is 1. The number of nitrogens with zero attached hydrogens (tertiary/aromatic N) is 2. The molecule has 0 saturated heterocycles. The number of aliphatic carboxylic acids is 1. The van der Waals surface area contributed by atoms with E-state index >= 15 is 0 Å². The molecule has 0 atom stereocenters. The van der Waals surface area contributed by atoms with E-state index in [1.165, 1.54) is 6.20 Å². The number of H-pyrrole nitrogens is 1. The molecule has 2 heterocycles. The first-order chi connectivity index (χ1) is 7.66. The molecule has 0 unspecified atom stereocenters. The SMILES string of the molecule is O=C(O)Cc1cnc(-c2cc[nH]c2)nc1Cl. The van der Waals surface area contributed by atoms with Crippen molar-refractivity contribution < 1.29 is 9.90 Å². The smallest absolute Gasteiger partial charge is 0.307 e. The Balaban J connectivity index is 2.33. The van der Waals surface area contributed by atoms with E-state index in [-0.39, 0.29) is 11.6 Å². The van der Waals surface area contributed by atoms with E-state index in [4.69, 9.17) is 16.7 Å². The number of aromatic nitrogens is 3. The van der Waals surface area contributed by atoms with E-state index in [1.54, 1.807) is 12.4 Å². The molecule has 2 aromatic heterocycles. The largest absolute Gasteiger partial charge is 0.481 e. The van der Waals surface area contributed by atoms with Gasteiger partial charge >= 0.3 is 5.97 Å². The monoisotopic (exact) mass is 237 g/mol. The Hall–Kier alpha value is -1.88. The van der Waals surface area contributed by atoms with Crippen LogP contribution in [0, 0.1) is 0 Å². The van der Waals surface area contributed by atoms with Crippen molar-refractivity contribution in [3.05, 3.63) is 35.4 Å². The Morgan fingerprint density at radius 3 is 2.94 bits per heavy atom. The summed E-state index contributed by atoms with van der Waals surface area (Å²) in [5, 5.41) is 8.80. The van der Waals surface area contributed by atoms with Gasteiger partial charge in [0.15, 0.2) is 5.82 Å². The van der Waals surface area contributed by atoms with Crippen molar-refractivity contribution in [2.24, 2.45) is 0 Å². The second-order valence-corrected chi connectivity index (χ2v) is 3.54. The lowest BCUT2D eigenvalue weighted by Crippen LogP contribution is -2.03. The van der Waals surface area contributed by atoms with Crippen molar-refractivity contribution in [3.63, 3.8) is 0 Å². The van der Waals surface area contributed by atoms with Crippen molar-refractivity contribution in [1.82, 2.24) is 15.0 Å². The molecule has 0 aromatic carbocycles. The molecule has 0 aliphatic heterocycles. The molecule has 0 aliphatic rings. The van der Waals surface area contributed by atoms with Gasteiger partial charge in [-0.1, -0.05) is 11.6 Å². The number of carboxylic acids is 1. The third-order valence-corrected chi connectivity index (χ3v) is 2.34. The first-order valence-electron chi connectivity index (χ1n) is 4.53. The van der Waals surface area contributed by atoms with Crippen molar-refractivity contribution in [3.8, 4) is 11.4 Å². The molecule has 0 radical (unpaired) electrons. The maximum Gasteiger partial charge on any atom is 0.307 e. The number of nitrogens with one attached hydrogen (secondary N) is 1. The van der Waals surface area contributed by atoms with Crippen molar-refractivity contribution >= 4 is 17.6 Å². The fourth-order valence-corrected chi connectivity index (χ4v) is 1.47. The summed E-state index contributed by atoms with van der Waals surface area (Å²) in [4.78, 5) is 21.5. The lowest BCUT2D eigenvalue weighted by molar-refractivity contribution is -0.136. The molecule has 82 valence electrons. The van der Waals surface area contributed by atoms with Gasteiger partial charge in [0.25, 0.3) is 0 Å². The summed E-state index contributed by atoms with van der Waals surface area (Å²) in [6.07, 6.45) is 4.75. The van der Waals surface area contributed by atoms with Gasteiger partial charge < -0.3 is 10.1 Å². The van der Waals surface area contributed by atoms with Crippen LogP contribution in [0.25, 0.3) is 11.4 Å². The topological polar surface area (TPSA) is 78.9 Å². The van der Waals surface area contributed by atoms with Gasteiger partial charge in [0, 0.05) is 29.7 Å². The van der Waals surface area contributed by atoms with Crippen LogP contribution < -0.4 is 0 Å². The zero-order valence-corrected chi connectivity index (χ0v) is 8.90. The molecule has 0 spiro atoms. The molecule has 2 aromatic rings. The summed E-state index contributed by atoms with van der Waals surface area (Å²) in [5.74, 6) is -0.486. The number of hydrogen-bond donors (Lipinski definition) is 2. The standard InChI is InChI=1S/C10H8ClN3O2/c11-9-7(3-8(15)16)5-13-10(14-9)6-1-2-12-4-6/h1-2,4-5,12H,3H2,(H,15,16). The van der Waals surface area contributed by atoms with Gasteiger partial charge in [0.05, 0.1) is 6.42 Å². The van der Waals surface area contributed by atoms with Crippen LogP contribution in [0.4, 0.5) is 0 Å². The Kier molecular flexibility index (Phi) is 2.87. The molecule has 0 amide bonds. The molecule has 2 N–H and O–H groups in total. The molecule has 16 heavy (non-hydrogen) atoms. The van der Waals surface area contributed by atoms with Crippen molar-refractivity contribution in [1.29, 1.82) is 0 Å². The third kappa shape index (κ3) is 2.20. The fourth-order valence-electron chi connectivity index (χ4n) is 1.27. The Morgan fingerprint density at radius 2 is 2.38 bits per heavy atom. The summed E-state index contributed by atoms with van der Waals surface area (Å²) in [7, 11) is 0. The maximum atomic E-state index is 10.5. The normalized spacial score (nSPS) is 10.3. The number of rotatable bonds is 3. The van der Waals surface area contributed by atoms with Crippen LogP contribution in [-0.2, 0) is 11.2 Å². The predicted octanol–water partition coefficient (Wildman–Crippen LogP) is 1.75. The number of carboxylic acid groups (broad SMARTS) is 1. The van der Waals surface area contributed by atoms with Gasteiger partial charge in [-0.2, -0.15) is 0 Å². The highest BCUT2D eigenvalue weighted by molar-refractivity contribution is 6.30. The minimum atomic E-state index is -0.958. The van der Waals surface area contributed by atoms with Gasteiger partial charge in [-0.15, -0.1) is 0 Å². The number of hydrogen-bond acceptors (Lipinski definition) is 3. The summed E-state index contributed by atoms with van der Waals surface area (Å²) in [6, 6.07) is 1.81. The van der Waals surface area contributed by atoms with E-state index < -0.39 is 5.97 Å². The lowest BCUT2D eigenvalue weighted by Gasteiger charge is -2.01. The molecule has 0 aliphatic carbocycles. The van der Waals surface area contributed by atoms with Crippen LogP contribution in [0.1, 0.15) is 5.56 Å². The Labute approximate surface area is 96.1 Å². The summed E-state index contributed by atoms with van der Waals surface area (Å²) >= 11 is 5.87. The maximum absolute atomic E-state index is 10.5. The second kappa shape index (κ2) is 4.32. The Morgan fingerprint density at radius 1 is 1.56 bits per heavy atom. The highest BCUT2D eigenvalue weighted by Crippen LogP contribution is 2.19. The molecule has 2 rings (SSSR count). The summed E-state index contributed by atoms with van der Waals surface area (Å²) in [5.41, 5.74) is 1.22. The second-order valence-electron chi connectivity index (χ2n) is 3.18. The minimum Gasteiger partial charge on any atom is -0.481 e. The van der Waals surface area contributed by atoms with Crippen LogP contribution in [0.3, 0.4) is 0 Å². The zero-order valence-electron chi connectivity index (χ0n) is 8.14. The summed E-state index contributed by atoms with van der Waals surface area (Å²) in [6.45, 7) is 0. The van der Waals surface area contributed by atoms with Gasteiger partial charge in [-0.3, -0.25) is 4.79 Å². The average Bonchev–Trinajstić information content (AvgIpc) is 2.73. The highest BCUT2D eigenvalue weighted by atomic mass is 35.5. The molecule has 6 heteroatoms. The van der Waals surface area contributed by atoms with Gasteiger partial charge in [-0.05, 0) is 6.07 Å². The molecule has 0 saturated carbocycles. The van der Waals surface area contributed by atoms with Crippen LogP contribution in [0.5, 0.6) is 0 Å². The predicted molar refractivity (Wildman–Crippen MR) is 58.2 cm³/mol.